The van der Waals surface area contributed by atoms with E-state index in [1.807, 2.05) is 6.07 Å². The van der Waals surface area contributed by atoms with Gasteiger partial charge in [-0.1, -0.05) is 17.7 Å². The van der Waals surface area contributed by atoms with Crippen molar-refractivity contribution in [2.45, 2.75) is 0 Å². The van der Waals surface area contributed by atoms with E-state index in [0.717, 1.165) is 4.70 Å². The first-order valence-corrected chi connectivity index (χ1v) is 4.87. The second-order valence-corrected chi connectivity index (χ2v) is 3.79. The van der Waals surface area contributed by atoms with Crippen LogP contribution in [0.3, 0.4) is 0 Å². The molecular formula is C8H5ClN2O2S. The van der Waals surface area contributed by atoms with Crippen molar-refractivity contribution in [3.8, 4) is 0 Å². The molecule has 72 valence electrons. The summed E-state index contributed by atoms with van der Waals surface area (Å²) in [4.78, 5) is 10.4. The zero-order valence-corrected chi connectivity index (χ0v) is 8.39. The Morgan fingerprint density at radius 3 is 3.07 bits per heavy atom. The molecule has 1 amide bonds. The molecule has 0 bridgehead atoms. The first-order chi connectivity index (χ1) is 6.68. The van der Waals surface area contributed by atoms with Gasteiger partial charge in [0.25, 0.3) is 0 Å². The van der Waals surface area contributed by atoms with Gasteiger partial charge in [-0.3, -0.25) is 5.32 Å². The molecule has 0 saturated heterocycles. The molecule has 14 heavy (non-hydrogen) atoms. The van der Waals surface area contributed by atoms with E-state index in [9.17, 15) is 4.79 Å². The summed E-state index contributed by atoms with van der Waals surface area (Å²) in [7, 11) is 0. The smallest absolute Gasteiger partial charge is 0.410 e. The minimum Gasteiger partial charge on any atom is -0.465 e. The Hall–Kier alpha value is -1.33. The molecule has 0 unspecified atom stereocenters. The van der Waals surface area contributed by atoms with Gasteiger partial charge in [0, 0.05) is 0 Å². The lowest BCUT2D eigenvalue weighted by Crippen LogP contribution is -2.07. The number of hydrogen-bond donors (Lipinski definition) is 2. The van der Waals surface area contributed by atoms with Gasteiger partial charge in [0.15, 0.2) is 5.82 Å². The molecule has 0 saturated carbocycles. The van der Waals surface area contributed by atoms with Crippen LogP contribution in [0, 0.1) is 0 Å². The average molecular weight is 229 g/mol. The number of rotatable bonds is 1. The molecule has 4 nitrogen and oxygen atoms in total. The van der Waals surface area contributed by atoms with E-state index in [1.54, 1.807) is 12.1 Å². The Kier molecular flexibility index (Phi) is 2.26. The van der Waals surface area contributed by atoms with Gasteiger partial charge in [0.05, 0.1) is 15.1 Å². The summed E-state index contributed by atoms with van der Waals surface area (Å²) in [6, 6.07) is 5.34. The molecule has 1 heterocycles. The highest BCUT2D eigenvalue weighted by Gasteiger charge is 2.10. The fourth-order valence-corrected chi connectivity index (χ4v) is 2.22. The molecule has 2 N–H and O–H groups in total. The SMILES string of the molecule is O=C(O)Nc1nsc2cccc(Cl)c12. The van der Waals surface area contributed by atoms with Crippen molar-refractivity contribution in [3.63, 3.8) is 0 Å². The number of carbonyl (C=O) groups is 1. The minimum absolute atomic E-state index is 0.295. The monoisotopic (exact) mass is 228 g/mol. The molecule has 0 atom stereocenters. The molecule has 1 aromatic carbocycles. The van der Waals surface area contributed by atoms with E-state index in [4.69, 9.17) is 16.7 Å². The zero-order valence-electron chi connectivity index (χ0n) is 6.82. The van der Waals surface area contributed by atoms with Crippen LogP contribution < -0.4 is 5.32 Å². The lowest BCUT2D eigenvalue weighted by atomic mass is 10.2. The van der Waals surface area contributed by atoms with Crippen molar-refractivity contribution in [3.05, 3.63) is 23.2 Å². The molecule has 2 rings (SSSR count). The van der Waals surface area contributed by atoms with Gasteiger partial charge in [-0.05, 0) is 23.7 Å². The van der Waals surface area contributed by atoms with Crippen LogP contribution in [0.25, 0.3) is 10.1 Å². The van der Waals surface area contributed by atoms with Crippen LogP contribution in [0.5, 0.6) is 0 Å². The van der Waals surface area contributed by atoms with Gasteiger partial charge >= 0.3 is 6.09 Å². The molecule has 6 heteroatoms. The van der Waals surface area contributed by atoms with E-state index in [0.29, 0.717) is 16.2 Å². The van der Waals surface area contributed by atoms with Crippen molar-refractivity contribution in [1.29, 1.82) is 0 Å². The molecule has 0 radical (unpaired) electrons. The zero-order chi connectivity index (χ0) is 10.1. The van der Waals surface area contributed by atoms with E-state index in [-0.39, 0.29) is 0 Å². The largest absolute Gasteiger partial charge is 0.465 e. The van der Waals surface area contributed by atoms with Crippen LogP contribution in [-0.2, 0) is 0 Å². The molecule has 0 spiro atoms. The lowest BCUT2D eigenvalue weighted by molar-refractivity contribution is 0.209. The van der Waals surface area contributed by atoms with Crippen LogP contribution in [0.4, 0.5) is 10.6 Å². The van der Waals surface area contributed by atoms with Crippen LogP contribution >= 0.6 is 23.1 Å². The lowest BCUT2D eigenvalue weighted by Gasteiger charge is -1.97. The van der Waals surface area contributed by atoms with Crippen molar-refractivity contribution < 1.29 is 9.90 Å². The van der Waals surface area contributed by atoms with Gasteiger partial charge in [-0.15, -0.1) is 0 Å². The number of halogens is 1. The first kappa shape index (κ1) is 9.23. The van der Waals surface area contributed by atoms with Crippen molar-refractivity contribution in [2.24, 2.45) is 0 Å². The highest BCUT2D eigenvalue weighted by atomic mass is 35.5. The number of benzene rings is 1. The van der Waals surface area contributed by atoms with Gasteiger partial charge in [0.2, 0.25) is 0 Å². The van der Waals surface area contributed by atoms with Gasteiger partial charge in [-0.25, -0.2) is 4.79 Å². The Morgan fingerprint density at radius 1 is 1.57 bits per heavy atom. The summed E-state index contributed by atoms with van der Waals surface area (Å²) >= 11 is 7.13. The summed E-state index contributed by atoms with van der Waals surface area (Å²) in [5.41, 5.74) is 0. The Balaban J connectivity index is 2.61. The van der Waals surface area contributed by atoms with Gasteiger partial charge < -0.3 is 5.11 Å². The van der Waals surface area contributed by atoms with E-state index < -0.39 is 6.09 Å². The molecule has 0 aliphatic heterocycles. The summed E-state index contributed by atoms with van der Waals surface area (Å²) in [6.45, 7) is 0. The quantitative estimate of drug-likeness (QED) is 0.789. The Labute approximate surface area is 88.3 Å². The van der Waals surface area contributed by atoms with Gasteiger partial charge in [0.1, 0.15) is 0 Å². The normalized spacial score (nSPS) is 10.4. The third-order valence-electron chi connectivity index (χ3n) is 1.67. The van der Waals surface area contributed by atoms with Crippen LogP contribution in [-0.4, -0.2) is 15.6 Å². The maximum Gasteiger partial charge on any atom is 0.410 e. The first-order valence-electron chi connectivity index (χ1n) is 3.72. The molecule has 0 aliphatic rings. The molecule has 0 fully saturated rings. The number of hydrogen-bond acceptors (Lipinski definition) is 3. The van der Waals surface area contributed by atoms with Crippen molar-refractivity contribution >= 4 is 45.1 Å². The van der Waals surface area contributed by atoms with Crippen LogP contribution in [0.1, 0.15) is 0 Å². The number of amides is 1. The van der Waals surface area contributed by atoms with E-state index in [2.05, 4.69) is 9.69 Å². The predicted octanol–water partition coefficient (Wildman–Crippen LogP) is 3.04. The predicted molar refractivity (Wildman–Crippen MR) is 56.3 cm³/mol. The summed E-state index contributed by atoms with van der Waals surface area (Å²) in [6.07, 6.45) is -1.14. The molecule has 1 aromatic heterocycles. The summed E-state index contributed by atoms with van der Waals surface area (Å²) < 4.78 is 4.82. The second kappa shape index (κ2) is 3.43. The topological polar surface area (TPSA) is 62.2 Å². The van der Waals surface area contributed by atoms with Crippen LogP contribution in [0.2, 0.25) is 5.02 Å². The maximum atomic E-state index is 10.4. The standard InChI is InChI=1S/C8H5ClN2O2S/c9-4-2-1-3-5-6(4)7(11-14-5)10-8(12)13/h1-3H,(H,10,11)(H,12,13). The number of carboxylic acid groups (broad SMARTS) is 1. The summed E-state index contributed by atoms with van der Waals surface area (Å²) in [5.74, 6) is 0.295. The highest BCUT2D eigenvalue weighted by Crippen LogP contribution is 2.32. The number of anilines is 1. The second-order valence-electron chi connectivity index (χ2n) is 2.57. The fraction of sp³-hybridized carbons (Fsp3) is 0. The molecule has 2 aromatic rings. The van der Waals surface area contributed by atoms with Crippen LogP contribution in [0.15, 0.2) is 18.2 Å². The number of nitrogens with one attached hydrogen (secondary N) is 1. The third-order valence-corrected chi connectivity index (χ3v) is 2.80. The highest BCUT2D eigenvalue weighted by molar-refractivity contribution is 7.13. The average Bonchev–Trinajstić information content (AvgIpc) is 2.49. The fourth-order valence-electron chi connectivity index (χ4n) is 1.14. The Bertz CT molecular complexity index is 497. The van der Waals surface area contributed by atoms with E-state index in [1.165, 1.54) is 11.5 Å². The van der Waals surface area contributed by atoms with E-state index >= 15 is 0 Å². The van der Waals surface area contributed by atoms with Gasteiger partial charge in [-0.2, -0.15) is 4.37 Å². The third kappa shape index (κ3) is 1.51. The van der Waals surface area contributed by atoms with Crippen molar-refractivity contribution in [2.75, 3.05) is 5.32 Å². The minimum atomic E-state index is -1.14. The summed E-state index contributed by atoms with van der Waals surface area (Å²) in [5, 5.41) is 11.9. The Morgan fingerprint density at radius 2 is 2.36 bits per heavy atom. The van der Waals surface area contributed by atoms with Crippen molar-refractivity contribution in [1.82, 2.24) is 4.37 Å². The number of fused-ring (bicyclic) bond motifs is 1. The molecular weight excluding hydrogens is 224 g/mol. The molecule has 0 aliphatic carbocycles. The number of nitrogens with zero attached hydrogens (tertiary/aromatic N) is 1. The maximum absolute atomic E-state index is 10.4. The number of aromatic nitrogens is 1.